The van der Waals surface area contributed by atoms with Gasteiger partial charge in [0.15, 0.2) is 0 Å². The molecule has 0 aliphatic carbocycles. The zero-order valence-electron chi connectivity index (χ0n) is 13.7. The molecular formula is C13H20N4O9. The van der Waals surface area contributed by atoms with Crippen LogP contribution in [0.5, 0.6) is 0 Å². The SMILES string of the molecule is CC(NC(=O)CN)C(=O)NC(CC(=O)O)C(=O)NC(CC(=O)O)C(=O)O. The van der Waals surface area contributed by atoms with Gasteiger partial charge in [-0.05, 0) is 6.92 Å². The summed E-state index contributed by atoms with van der Waals surface area (Å²) >= 11 is 0. The van der Waals surface area contributed by atoms with Gasteiger partial charge in [0, 0.05) is 0 Å². The normalized spacial score (nSPS) is 13.6. The highest BCUT2D eigenvalue weighted by Crippen LogP contribution is 1.99. The highest BCUT2D eigenvalue weighted by molar-refractivity contribution is 5.95. The first-order chi connectivity index (χ1) is 12.0. The number of carboxylic acid groups (broad SMARTS) is 3. The molecule has 0 aromatic heterocycles. The van der Waals surface area contributed by atoms with E-state index >= 15 is 0 Å². The molecule has 0 aliphatic heterocycles. The molecule has 0 heterocycles. The highest BCUT2D eigenvalue weighted by atomic mass is 16.4. The van der Waals surface area contributed by atoms with E-state index in [-0.39, 0.29) is 0 Å². The van der Waals surface area contributed by atoms with Crippen LogP contribution in [0.4, 0.5) is 0 Å². The largest absolute Gasteiger partial charge is 0.481 e. The summed E-state index contributed by atoms with van der Waals surface area (Å²) in [6, 6.07) is -4.65. The van der Waals surface area contributed by atoms with E-state index in [2.05, 4.69) is 5.32 Å². The summed E-state index contributed by atoms with van der Waals surface area (Å²) in [5.74, 6) is -7.42. The van der Waals surface area contributed by atoms with E-state index in [1.165, 1.54) is 6.92 Å². The lowest BCUT2D eigenvalue weighted by Crippen LogP contribution is -2.56. The van der Waals surface area contributed by atoms with Crippen molar-refractivity contribution in [1.82, 2.24) is 16.0 Å². The molecule has 0 spiro atoms. The average Bonchev–Trinajstić information content (AvgIpc) is 2.52. The fourth-order valence-corrected chi connectivity index (χ4v) is 1.69. The lowest BCUT2D eigenvalue weighted by Gasteiger charge is -2.21. The Hall–Kier alpha value is -3.22. The Balaban J connectivity index is 5.11. The van der Waals surface area contributed by atoms with Crippen molar-refractivity contribution in [3.63, 3.8) is 0 Å². The molecular weight excluding hydrogens is 356 g/mol. The zero-order chi connectivity index (χ0) is 20.4. The Morgan fingerprint density at radius 2 is 1.27 bits per heavy atom. The second-order valence-corrected chi connectivity index (χ2v) is 5.15. The number of nitrogens with two attached hydrogens (primary N) is 1. The smallest absolute Gasteiger partial charge is 0.326 e. The van der Waals surface area contributed by atoms with Gasteiger partial charge in [0.05, 0.1) is 19.4 Å². The van der Waals surface area contributed by atoms with Gasteiger partial charge < -0.3 is 37.0 Å². The number of hydrogen-bond donors (Lipinski definition) is 7. The van der Waals surface area contributed by atoms with Crippen LogP contribution in [0.1, 0.15) is 19.8 Å². The summed E-state index contributed by atoms with van der Waals surface area (Å²) in [4.78, 5) is 67.6. The maximum absolute atomic E-state index is 12.1. The van der Waals surface area contributed by atoms with E-state index in [4.69, 9.17) is 21.1 Å². The first-order valence-electron chi connectivity index (χ1n) is 7.24. The minimum atomic E-state index is -1.82. The summed E-state index contributed by atoms with van der Waals surface area (Å²) in [5, 5.41) is 32.4. The molecule has 0 aromatic carbocycles. The minimum Gasteiger partial charge on any atom is -0.481 e. The Morgan fingerprint density at radius 1 is 0.808 bits per heavy atom. The van der Waals surface area contributed by atoms with Gasteiger partial charge in [0.1, 0.15) is 18.1 Å². The van der Waals surface area contributed by atoms with E-state index in [1.807, 2.05) is 10.6 Å². The van der Waals surface area contributed by atoms with E-state index in [0.717, 1.165) is 0 Å². The van der Waals surface area contributed by atoms with Crippen molar-refractivity contribution in [2.45, 2.75) is 37.9 Å². The summed E-state index contributed by atoms with van der Waals surface area (Å²) < 4.78 is 0. The second kappa shape index (κ2) is 10.6. The molecule has 0 radical (unpaired) electrons. The van der Waals surface area contributed by atoms with Crippen LogP contribution in [0.3, 0.4) is 0 Å². The van der Waals surface area contributed by atoms with Crippen LogP contribution < -0.4 is 21.7 Å². The van der Waals surface area contributed by atoms with Crippen molar-refractivity contribution < 1.29 is 44.1 Å². The molecule has 146 valence electrons. The Bertz CT molecular complexity index is 592. The number of carboxylic acids is 3. The van der Waals surface area contributed by atoms with Gasteiger partial charge >= 0.3 is 17.9 Å². The number of carbonyl (C=O) groups is 6. The molecule has 3 unspecified atom stereocenters. The average molecular weight is 376 g/mol. The molecule has 13 nitrogen and oxygen atoms in total. The molecule has 26 heavy (non-hydrogen) atoms. The van der Waals surface area contributed by atoms with Crippen molar-refractivity contribution >= 4 is 35.6 Å². The van der Waals surface area contributed by atoms with Gasteiger partial charge in [-0.15, -0.1) is 0 Å². The third-order valence-electron chi connectivity index (χ3n) is 2.96. The molecule has 8 N–H and O–H groups in total. The van der Waals surface area contributed by atoms with Crippen LogP contribution in [-0.2, 0) is 28.8 Å². The quantitative estimate of drug-likeness (QED) is 0.188. The van der Waals surface area contributed by atoms with E-state index in [1.54, 1.807) is 0 Å². The number of aliphatic carboxylic acids is 3. The topological polar surface area (TPSA) is 225 Å². The minimum absolute atomic E-state index is 0.397. The Morgan fingerprint density at radius 3 is 1.69 bits per heavy atom. The number of rotatable bonds is 11. The molecule has 3 amide bonds. The Kier molecular flexibility index (Phi) is 9.29. The molecule has 0 fully saturated rings. The van der Waals surface area contributed by atoms with Gasteiger partial charge in [-0.1, -0.05) is 0 Å². The molecule has 0 saturated carbocycles. The van der Waals surface area contributed by atoms with E-state index in [0.29, 0.717) is 0 Å². The molecule has 13 heteroatoms. The monoisotopic (exact) mass is 376 g/mol. The molecule has 0 saturated heterocycles. The number of carbonyl (C=O) groups excluding carboxylic acids is 3. The van der Waals surface area contributed by atoms with Gasteiger partial charge in [-0.2, -0.15) is 0 Å². The van der Waals surface area contributed by atoms with Crippen LogP contribution in [-0.4, -0.2) is 75.6 Å². The molecule has 0 bridgehead atoms. The number of amides is 3. The third-order valence-corrected chi connectivity index (χ3v) is 2.96. The summed E-state index contributed by atoms with van der Waals surface area (Å²) in [5.41, 5.74) is 5.07. The van der Waals surface area contributed by atoms with Crippen molar-refractivity contribution in [2.75, 3.05) is 6.54 Å². The van der Waals surface area contributed by atoms with Gasteiger partial charge in [-0.3, -0.25) is 24.0 Å². The number of nitrogens with one attached hydrogen (secondary N) is 3. The van der Waals surface area contributed by atoms with Crippen LogP contribution in [0.15, 0.2) is 0 Å². The molecule has 0 aromatic rings. The van der Waals surface area contributed by atoms with Crippen molar-refractivity contribution in [1.29, 1.82) is 0 Å². The second-order valence-electron chi connectivity index (χ2n) is 5.15. The van der Waals surface area contributed by atoms with Gasteiger partial charge in [-0.25, -0.2) is 4.79 Å². The molecule has 0 rings (SSSR count). The highest BCUT2D eigenvalue weighted by Gasteiger charge is 2.30. The predicted molar refractivity (Wildman–Crippen MR) is 82.7 cm³/mol. The summed E-state index contributed by atoms with van der Waals surface area (Å²) in [7, 11) is 0. The molecule has 3 atom stereocenters. The fourth-order valence-electron chi connectivity index (χ4n) is 1.69. The van der Waals surface area contributed by atoms with Crippen molar-refractivity contribution in [2.24, 2.45) is 5.73 Å². The van der Waals surface area contributed by atoms with Crippen molar-refractivity contribution in [3.05, 3.63) is 0 Å². The van der Waals surface area contributed by atoms with Crippen LogP contribution in [0.25, 0.3) is 0 Å². The maximum atomic E-state index is 12.1. The zero-order valence-corrected chi connectivity index (χ0v) is 13.7. The van der Waals surface area contributed by atoms with E-state index < -0.39 is 73.1 Å². The number of hydrogen-bond acceptors (Lipinski definition) is 7. The van der Waals surface area contributed by atoms with Gasteiger partial charge in [0.2, 0.25) is 17.7 Å². The standard InChI is InChI=1S/C13H20N4O9/c1-5(15-8(18)4-14)11(23)16-6(2-9(19)20)12(24)17-7(13(25)26)3-10(21)22/h5-7H,2-4,14H2,1H3,(H,15,18)(H,16,23)(H,17,24)(H,19,20)(H,21,22)(H,25,26). The summed E-state index contributed by atoms with van der Waals surface area (Å²) in [6.45, 7) is 0.856. The summed E-state index contributed by atoms with van der Waals surface area (Å²) in [6.07, 6.45) is -1.84. The predicted octanol–water partition coefficient (Wildman–Crippen LogP) is -3.55. The van der Waals surface area contributed by atoms with Gasteiger partial charge in [0.25, 0.3) is 0 Å². The van der Waals surface area contributed by atoms with Crippen LogP contribution in [0.2, 0.25) is 0 Å². The van der Waals surface area contributed by atoms with E-state index in [9.17, 15) is 28.8 Å². The lowest BCUT2D eigenvalue weighted by molar-refractivity contribution is -0.148. The van der Waals surface area contributed by atoms with Crippen LogP contribution in [0, 0.1) is 0 Å². The lowest BCUT2D eigenvalue weighted by atomic mass is 10.1. The van der Waals surface area contributed by atoms with Crippen LogP contribution >= 0.6 is 0 Å². The first-order valence-corrected chi connectivity index (χ1v) is 7.24. The first kappa shape index (κ1) is 22.8. The maximum Gasteiger partial charge on any atom is 0.326 e. The fraction of sp³-hybridized carbons (Fsp3) is 0.538. The van der Waals surface area contributed by atoms with Crippen molar-refractivity contribution in [3.8, 4) is 0 Å². The third kappa shape index (κ3) is 8.58. The Labute approximate surface area is 146 Å². The molecule has 0 aliphatic rings.